The molecule has 0 aliphatic carbocycles. The number of ether oxygens (including phenoxy) is 1. The van der Waals surface area contributed by atoms with E-state index in [1.807, 2.05) is 25.1 Å². The van der Waals surface area contributed by atoms with Crippen LogP contribution in [-0.4, -0.2) is 17.5 Å². The van der Waals surface area contributed by atoms with Gasteiger partial charge in [-0.3, -0.25) is 4.79 Å². The summed E-state index contributed by atoms with van der Waals surface area (Å²) in [6.07, 6.45) is 1.63. The van der Waals surface area contributed by atoms with Gasteiger partial charge in [-0.15, -0.1) is 0 Å². The van der Waals surface area contributed by atoms with Gasteiger partial charge in [-0.25, -0.2) is 4.98 Å². The first-order valence-electron chi connectivity index (χ1n) is 7.00. The zero-order valence-corrected chi connectivity index (χ0v) is 12.6. The summed E-state index contributed by atoms with van der Waals surface area (Å²) in [5.41, 5.74) is 2.21. The summed E-state index contributed by atoms with van der Waals surface area (Å²) in [5, 5.41) is 2.69. The van der Waals surface area contributed by atoms with E-state index in [2.05, 4.69) is 30.2 Å². The van der Waals surface area contributed by atoms with Crippen molar-refractivity contribution < 1.29 is 9.53 Å². The van der Waals surface area contributed by atoms with E-state index >= 15 is 0 Å². The van der Waals surface area contributed by atoms with Crippen LogP contribution in [0.5, 0.6) is 5.75 Å². The number of carbonyl (C=O) groups excluding carboxylic acids is 1. The molecule has 21 heavy (non-hydrogen) atoms. The Kier molecular flexibility index (Phi) is 4.93. The lowest BCUT2D eigenvalue weighted by molar-refractivity contribution is -0.118. The fourth-order valence-corrected chi connectivity index (χ4v) is 1.89. The third-order valence-electron chi connectivity index (χ3n) is 3.17. The van der Waals surface area contributed by atoms with Gasteiger partial charge in [-0.1, -0.05) is 32.0 Å². The molecule has 1 aromatic carbocycles. The number of pyridine rings is 1. The highest BCUT2D eigenvalue weighted by Gasteiger charge is 2.08. The Bertz CT molecular complexity index is 609. The minimum absolute atomic E-state index is 0.0288. The number of benzene rings is 1. The van der Waals surface area contributed by atoms with Crippen LogP contribution in [0.1, 0.15) is 30.9 Å². The molecule has 0 fully saturated rings. The van der Waals surface area contributed by atoms with Crippen LogP contribution < -0.4 is 10.1 Å². The predicted molar refractivity (Wildman–Crippen MR) is 83.6 cm³/mol. The zero-order valence-electron chi connectivity index (χ0n) is 12.6. The van der Waals surface area contributed by atoms with Crippen molar-refractivity contribution in [2.75, 3.05) is 11.9 Å². The van der Waals surface area contributed by atoms with Crippen LogP contribution in [0.2, 0.25) is 0 Å². The van der Waals surface area contributed by atoms with Crippen molar-refractivity contribution in [2.24, 2.45) is 0 Å². The van der Waals surface area contributed by atoms with Gasteiger partial charge in [-0.05, 0) is 42.2 Å². The van der Waals surface area contributed by atoms with E-state index in [1.165, 1.54) is 5.56 Å². The Morgan fingerprint density at radius 1 is 1.29 bits per heavy atom. The second-order valence-corrected chi connectivity index (χ2v) is 5.23. The molecule has 4 heteroatoms. The number of aryl methyl sites for hydroxylation is 1. The minimum Gasteiger partial charge on any atom is -0.483 e. The number of hydrogen-bond donors (Lipinski definition) is 1. The van der Waals surface area contributed by atoms with Gasteiger partial charge < -0.3 is 10.1 Å². The Morgan fingerprint density at radius 3 is 2.76 bits per heavy atom. The molecule has 1 amide bonds. The molecule has 0 saturated heterocycles. The van der Waals surface area contributed by atoms with E-state index in [0.29, 0.717) is 11.7 Å². The fraction of sp³-hybridized carbons (Fsp3) is 0.294. The monoisotopic (exact) mass is 284 g/mol. The number of carbonyl (C=O) groups is 1. The average molecular weight is 284 g/mol. The standard InChI is InChI=1S/C17H20N2O2/c1-12(2)14-8-7-13(3)15(10-14)21-11-17(20)19-16-6-4-5-9-18-16/h4-10,12H,11H2,1-3H3,(H,18,19,20). The van der Waals surface area contributed by atoms with Gasteiger partial charge in [0.2, 0.25) is 0 Å². The van der Waals surface area contributed by atoms with Crippen LogP contribution in [-0.2, 0) is 4.79 Å². The molecule has 0 unspecified atom stereocenters. The van der Waals surface area contributed by atoms with E-state index in [4.69, 9.17) is 4.74 Å². The molecule has 0 saturated carbocycles. The Labute approximate surface area is 125 Å². The average Bonchev–Trinajstić information content (AvgIpc) is 2.47. The second-order valence-electron chi connectivity index (χ2n) is 5.23. The summed E-state index contributed by atoms with van der Waals surface area (Å²) in [6.45, 7) is 6.19. The van der Waals surface area contributed by atoms with Gasteiger partial charge in [-0.2, -0.15) is 0 Å². The van der Waals surface area contributed by atoms with E-state index in [-0.39, 0.29) is 12.5 Å². The first kappa shape index (κ1) is 15.0. The van der Waals surface area contributed by atoms with Gasteiger partial charge in [0, 0.05) is 6.20 Å². The van der Waals surface area contributed by atoms with E-state index in [0.717, 1.165) is 11.3 Å². The van der Waals surface area contributed by atoms with Gasteiger partial charge in [0.15, 0.2) is 6.61 Å². The maximum Gasteiger partial charge on any atom is 0.263 e. The molecular formula is C17H20N2O2. The number of aromatic nitrogens is 1. The molecule has 1 aromatic heterocycles. The maximum absolute atomic E-state index is 11.8. The summed E-state index contributed by atoms with van der Waals surface area (Å²) in [5.74, 6) is 1.48. The number of hydrogen-bond acceptors (Lipinski definition) is 3. The number of rotatable bonds is 5. The van der Waals surface area contributed by atoms with Crippen LogP contribution in [0.4, 0.5) is 5.82 Å². The zero-order chi connectivity index (χ0) is 15.2. The van der Waals surface area contributed by atoms with Crippen LogP contribution in [0.25, 0.3) is 0 Å². The summed E-state index contributed by atoms with van der Waals surface area (Å²) >= 11 is 0. The maximum atomic E-state index is 11.8. The quantitative estimate of drug-likeness (QED) is 0.913. The third-order valence-corrected chi connectivity index (χ3v) is 3.17. The fourth-order valence-electron chi connectivity index (χ4n) is 1.89. The van der Waals surface area contributed by atoms with Crippen molar-refractivity contribution in [1.82, 2.24) is 4.98 Å². The molecule has 110 valence electrons. The van der Waals surface area contributed by atoms with Crippen molar-refractivity contribution in [2.45, 2.75) is 26.7 Å². The summed E-state index contributed by atoms with van der Waals surface area (Å²) < 4.78 is 5.62. The van der Waals surface area contributed by atoms with E-state index < -0.39 is 0 Å². The molecule has 0 bridgehead atoms. The Morgan fingerprint density at radius 2 is 2.10 bits per heavy atom. The highest BCUT2D eigenvalue weighted by molar-refractivity contribution is 5.90. The second kappa shape index (κ2) is 6.88. The normalized spacial score (nSPS) is 10.5. The topological polar surface area (TPSA) is 51.2 Å². The van der Waals surface area contributed by atoms with Crippen molar-refractivity contribution in [3.8, 4) is 5.75 Å². The molecule has 0 aliphatic rings. The van der Waals surface area contributed by atoms with Crippen molar-refractivity contribution in [3.63, 3.8) is 0 Å². The highest BCUT2D eigenvalue weighted by Crippen LogP contribution is 2.24. The number of amides is 1. The molecule has 0 atom stereocenters. The largest absolute Gasteiger partial charge is 0.483 e. The number of nitrogens with one attached hydrogen (secondary N) is 1. The molecule has 2 aromatic rings. The summed E-state index contributed by atoms with van der Waals surface area (Å²) in [6, 6.07) is 11.4. The molecule has 4 nitrogen and oxygen atoms in total. The number of anilines is 1. The van der Waals surface area contributed by atoms with Gasteiger partial charge in [0.1, 0.15) is 11.6 Å². The van der Waals surface area contributed by atoms with Crippen LogP contribution >= 0.6 is 0 Å². The van der Waals surface area contributed by atoms with Crippen molar-refractivity contribution in [1.29, 1.82) is 0 Å². The smallest absolute Gasteiger partial charge is 0.263 e. The third kappa shape index (κ3) is 4.31. The highest BCUT2D eigenvalue weighted by atomic mass is 16.5. The predicted octanol–water partition coefficient (Wildman–Crippen LogP) is 3.53. The molecule has 0 aliphatic heterocycles. The van der Waals surface area contributed by atoms with Gasteiger partial charge >= 0.3 is 0 Å². The van der Waals surface area contributed by atoms with E-state index in [9.17, 15) is 4.79 Å². The lowest BCUT2D eigenvalue weighted by atomic mass is 10.0. The molecule has 0 spiro atoms. The van der Waals surface area contributed by atoms with Gasteiger partial charge in [0.05, 0.1) is 0 Å². The summed E-state index contributed by atoms with van der Waals surface area (Å²) in [7, 11) is 0. The minimum atomic E-state index is -0.219. The Hall–Kier alpha value is -2.36. The van der Waals surface area contributed by atoms with Crippen molar-refractivity contribution >= 4 is 11.7 Å². The SMILES string of the molecule is Cc1ccc(C(C)C)cc1OCC(=O)Nc1ccccn1. The molecule has 1 heterocycles. The van der Waals surface area contributed by atoms with Crippen LogP contribution in [0.15, 0.2) is 42.6 Å². The van der Waals surface area contributed by atoms with E-state index in [1.54, 1.807) is 18.3 Å². The lowest BCUT2D eigenvalue weighted by Gasteiger charge is -2.12. The first-order valence-corrected chi connectivity index (χ1v) is 7.00. The molecule has 1 N–H and O–H groups in total. The molecule has 2 rings (SSSR count). The molecular weight excluding hydrogens is 264 g/mol. The van der Waals surface area contributed by atoms with Gasteiger partial charge in [0.25, 0.3) is 5.91 Å². The van der Waals surface area contributed by atoms with Crippen molar-refractivity contribution in [3.05, 3.63) is 53.7 Å². The lowest BCUT2D eigenvalue weighted by Crippen LogP contribution is -2.21. The number of nitrogens with zero attached hydrogens (tertiary/aromatic N) is 1. The van der Waals surface area contributed by atoms with Crippen LogP contribution in [0, 0.1) is 6.92 Å². The first-order chi connectivity index (χ1) is 10.1. The van der Waals surface area contributed by atoms with Crippen LogP contribution in [0.3, 0.4) is 0 Å². The molecule has 0 radical (unpaired) electrons. The summed E-state index contributed by atoms with van der Waals surface area (Å²) in [4.78, 5) is 15.9. The Balaban J connectivity index is 1.96.